The summed E-state index contributed by atoms with van der Waals surface area (Å²) in [5.74, 6) is 0.371. The highest BCUT2D eigenvalue weighted by Gasteiger charge is 2.14. The van der Waals surface area contributed by atoms with E-state index < -0.39 is 4.92 Å². The molecule has 0 aliphatic rings. The zero-order valence-corrected chi connectivity index (χ0v) is 15.1. The third kappa shape index (κ3) is 6.42. The van der Waals surface area contributed by atoms with E-state index in [2.05, 4.69) is 15.8 Å². The van der Waals surface area contributed by atoms with Gasteiger partial charge in [0.05, 0.1) is 11.5 Å². The molecule has 10 nitrogen and oxygen atoms in total. The predicted molar refractivity (Wildman–Crippen MR) is 98.3 cm³/mol. The normalized spacial score (nSPS) is 10.3. The molecule has 0 bridgehead atoms. The molecule has 0 unspecified atom stereocenters. The number of likely N-dealkylation sites (N-methyl/N-ethyl adjacent to an activating group) is 1. The number of aryl methyl sites for hydroxylation is 1. The van der Waals surface area contributed by atoms with Gasteiger partial charge in [-0.05, 0) is 25.5 Å². The minimum absolute atomic E-state index is 0.0245. The number of nitrogens with one attached hydrogen (secondary N) is 2. The Bertz CT molecular complexity index is 802. The van der Waals surface area contributed by atoms with Gasteiger partial charge in [-0.1, -0.05) is 5.16 Å². The number of nitrogens with zero attached hydrogens (tertiary/aromatic N) is 3. The summed E-state index contributed by atoms with van der Waals surface area (Å²) < 4.78 is 4.85. The van der Waals surface area contributed by atoms with Crippen molar-refractivity contribution in [3.05, 3.63) is 46.2 Å². The maximum Gasteiger partial charge on any atom is 0.269 e. The molecule has 0 spiro atoms. The highest BCUT2D eigenvalue weighted by atomic mass is 16.6. The van der Waals surface area contributed by atoms with Crippen LogP contribution in [0, 0.1) is 17.0 Å². The summed E-state index contributed by atoms with van der Waals surface area (Å²) in [5.41, 5.74) is 0.764. The standard InChI is InChI=1S/C17H21N5O5/c1-12-10-15(20-27-12)19-16(23)11-21(2)17(24)4-3-9-18-13-5-7-14(8-6-13)22(25)26/h5-8,10,18H,3-4,9,11H2,1-2H3,(H,19,20,23). The first-order chi connectivity index (χ1) is 12.8. The van der Waals surface area contributed by atoms with Gasteiger partial charge in [0.15, 0.2) is 5.82 Å². The van der Waals surface area contributed by atoms with Gasteiger partial charge >= 0.3 is 0 Å². The summed E-state index contributed by atoms with van der Waals surface area (Å²) in [6.45, 7) is 2.16. The Morgan fingerprint density at radius 2 is 2.00 bits per heavy atom. The van der Waals surface area contributed by atoms with Gasteiger partial charge in [0.2, 0.25) is 11.8 Å². The fraction of sp³-hybridized carbons (Fsp3) is 0.353. The Hall–Kier alpha value is -3.43. The van der Waals surface area contributed by atoms with Crippen molar-refractivity contribution in [2.75, 3.05) is 30.8 Å². The molecule has 2 rings (SSSR count). The van der Waals surface area contributed by atoms with Gasteiger partial charge in [0.1, 0.15) is 5.76 Å². The highest BCUT2D eigenvalue weighted by molar-refractivity contribution is 5.93. The molecule has 0 aliphatic heterocycles. The van der Waals surface area contributed by atoms with Crippen molar-refractivity contribution in [2.45, 2.75) is 19.8 Å². The lowest BCUT2D eigenvalue weighted by molar-refractivity contribution is -0.384. The smallest absolute Gasteiger partial charge is 0.269 e. The van der Waals surface area contributed by atoms with E-state index in [1.54, 1.807) is 32.2 Å². The Morgan fingerprint density at radius 3 is 2.59 bits per heavy atom. The van der Waals surface area contributed by atoms with Crippen molar-refractivity contribution < 1.29 is 19.0 Å². The fourth-order valence-electron chi connectivity index (χ4n) is 2.28. The van der Waals surface area contributed by atoms with Gasteiger partial charge in [0, 0.05) is 43.9 Å². The Kier molecular flexibility index (Phi) is 6.86. The molecule has 1 aromatic heterocycles. The second kappa shape index (κ2) is 9.32. The van der Waals surface area contributed by atoms with Crippen LogP contribution in [0.3, 0.4) is 0 Å². The maximum absolute atomic E-state index is 12.1. The van der Waals surface area contributed by atoms with Gasteiger partial charge < -0.3 is 20.1 Å². The molecule has 1 heterocycles. The van der Waals surface area contributed by atoms with E-state index in [1.807, 2.05) is 0 Å². The van der Waals surface area contributed by atoms with Crippen molar-refractivity contribution in [3.63, 3.8) is 0 Å². The zero-order valence-electron chi connectivity index (χ0n) is 15.1. The molecule has 0 saturated heterocycles. The van der Waals surface area contributed by atoms with Gasteiger partial charge in [-0.15, -0.1) is 0 Å². The van der Waals surface area contributed by atoms with E-state index in [0.717, 1.165) is 5.69 Å². The lowest BCUT2D eigenvalue weighted by Crippen LogP contribution is -2.35. The Labute approximate surface area is 155 Å². The van der Waals surface area contributed by atoms with Crippen LogP contribution in [0.25, 0.3) is 0 Å². The summed E-state index contributed by atoms with van der Waals surface area (Å²) in [6.07, 6.45) is 0.830. The first-order valence-corrected chi connectivity index (χ1v) is 8.30. The number of non-ortho nitro benzene ring substituents is 1. The number of carbonyl (C=O) groups excluding carboxylic acids is 2. The van der Waals surface area contributed by atoms with Crippen molar-refractivity contribution in [1.82, 2.24) is 10.1 Å². The summed E-state index contributed by atoms with van der Waals surface area (Å²) in [7, 11) is 1.56. The van der Waals surface area contributed by atoms with Crippen molar-refractivity contribution in [2.24, 2.45) is 0 Å². The predicted octanol–water partition coefficient (Wildman–Crippen LogP) is 2.18. The number of rotatable bonds is 9. The van der Waals surface area contributed by atoms with E-state index in [9.17, 15) is 19.7 Å². The number of nitro groups is 1. The lowest BCUT2D eigenvalue weighted by Gasteiger charge is -2.16. The largest absolute Gasteiger partial charge is 0.385 e. The molecule has 27 heavy (non-hydrogen) atoms. The van der Waals surface area contributed by atoms with Crippen LogP contribution in [-0.2, 0) is 9.59 Å². The first-order valence-electron chi connectivity index (χ1n) is 8.30. The molecule has 1 aromatic carbocycles. The Balaban J connectivity index is 1.66. The van der Waals surface area contributed by atoms with Gasteiger partial charge in [-0.25, -0.2) is 0 Å². The van der Waals surface area contributed by atoms with Gasteiger partial charge in [-0.3, -0.25) is 19.7 Å². The molecule has 2 aromatic rings. The molecule has 0 aliphatic carbocycles. The van der Waals surface area contributed by atoms with Gasteiger partial charge in [-0.2, -0.15) is 0 Å². The van der Waals surface area contributed by atoms with E-state index >= 15 is 0 Å². The van der Waals surface area contributed by atoms with Crippen LogP contribution >= 0.6 is 0 Å². The van der Waals surface area contributed by atoms with Gasteiger partial charge in [0.25, 0.3) is 5.69 Å². The molecule has 0 saturated carbocycles. The molecule has 0 radical (unpaired) electrons. The lowest BCUT2D eigenvalue weighted by atomic mass is 10.2. The van der Waals surface area contributed by atoms with E-state index in [-0.39, 0.29) is 30.5 Å². The number of amides is 2. The summed E-state index contributed by atoms with van der Waals surface area (Å²) in [6, 6.07) is 7.64. The minimum Gasteiger partial charge on any atom is -0.385 e. The SMILES string of the molecule is Cc1cc(NC(=O)CN(C)C(=O)CCCNc2ccc([N+](=O)[O-])cc2)no1. The molecular weight excluding hydrogens is 354 g/mol. The minimum atomic E-state index is -0.460. The highest BCUT2D eigenvalue weighted by Crippen LogP contribution is 2.15. The second-order valence-corrected chi connectivity index (χ2v) is 5.96. The topological polar surface area (TPSA) is 131 Å². The van der Waals surface area contributed by atoms with Crippen molar-refractivity contribution >= 4 is 29.0 Å². The van der Waals surface area contributed by atoms with Crippen molar-refractivity contribution in [3.8, 4) is 0 Å². The van der Waals surface area contributed by atoms with Crippen LogP contribution in [0.5, 0.6) is 0 Å². The van der Waals surface area contributed by atoms with E-state index in [0.29, 0.717) is 24.5 Å². The second-order valence-electron chi connectivity index (χ2n) is 5.96. The quantitative estimate of drug-likeness (QED) is 0.390. The van der Waals surface area contributed by atoms with Crippen LogP contribution in [-0.4, -0.2) is 46.9 Å². The maximum atomic E-state index is 12.1. The number of hydrogen-bond donors (Lipinski definition) is 2. The summed E-state index contributed by atoms with van der Waals surface area (Å²) >= 11 is 0. The molecule has 2 amide bonds. The molecular formula is C17H21N5O5. The number of carbonyl (C=O) groups is 2. The van der Waals surface area contributed by atoms with Crippen molar-refractivity contribution in [1.29, 1.82) is 0 Å². The van der Waals surface area contributed by atoms with Crippen LogP contribution in [0.4, 0.5) is 17.2 Å². The third-order valence-corrected chi connectivity index (χ3v) is 3.68. The number of hydrogen-bond acceptors (Lipinski definition) is 7. The van der Waals surface area contributed by atoms with E-state index in [4.69, 9.17) is 4.52 Å². The molecule has 0 atom stereocenters. The van der Waals surface area contributed by atoms with Crippen LogP contribution < -0.4 is 10.6 Å². The van der Waals surface area contributed by atoms with Crippen LogP contribution in [0.2, 0.25) is 0 Å². The number of anilines is 2. The average molecular weight is 375 g/mol. The number of aromatic nitrogens is 1. The zero-order chi connectivity index (χ0) is 19.8. The molecule has 144 valence electrons. The monoisotopic (exact) mass is 375 g/mol. The number of nitro benzene ring substituents is 1. The average Bonchev–Trinajstić information content (AvgIpc) is 3.03. The first kappa shape index (κ1) is 19.9. The van der Waals surface area contributed by atoms with Crippen LogP contribution in [0.1, 0.15) is 18.6 Å². The van der Waals surface area contributed by atoms with Crippen LogP contribution in [0.15, 0.2) is 34.9 Å². The number of benzene rings is 1. The molecule has 0 fully saturated rings. The molecule has 2 N–H and O–H groups in total. The summed E-state index contributed by atoms with van der Waals surface area (Å²) in [5, 5.41) is 19.9. The Morgan fingerprint density at radius 1 is 1.30 bits per heavy atom. The third-order valence-electron chi connectivity index (χ3n) is 3.68. The van der Waals surface area contributed by atoms with E-state index in [1.165, 1.54) is 17.0 Å². The summed E-state index contributed by atoms with van der Waals surface area (Å²) in [4.78, 5) is 35.4. The fourth-order valence-corrected chi connectivity index (χ4v) is 2.28. The molecule has 10 heteroatoms.